The average Bonchev–Trinajstić information content (AvgIpc) is 2.66. The van der Waals surface area contributed by atoms with Crippen LogP contribution in [0.2, 0.25) is 0 Å². The maximum absolute atomic E-state index is 12.0. The molecule has 0 unspecified atom stereocenters. The van der Waals surface area contributed by atoms with E-state index in [2.05, 4.69) is 10.3 Å². The van der Waals surface area contributed by atoms with Gasteiger partial charge in [0.2, 0.25) is 11.6 Å². The molecule has 0 aromatic carbocycles. The Morgan fingerprint density at radius 3 is 3.00 bits per heavy atom. The van der Waals surface area contributed by atoms with Gasteiger partial charge in [0, 0.05) is 11.8 Å². The summed E-state index contributed by atoms with van der Waals surface area (Å²) in [5.74, 6) is 0.126. The Labute approximate surface area is 96.8 Å². The molecule has 0 radical (unpaired) electrons. The van der Waals surface area contributed by atoms with Crippen molar-refractivity contribution in [3.63, 3.8) is 0 Å². The number of aromatic amines is 1. The summed E-state index contributed by atoms with van der Waals surface area (Å²) >= 11 is 0. The molecule has 6 heteroatoms. The molecule has 2 aromatic rings. The maximum atomic E-state index is 12.0. The van der Waals surface area contributed by atoms with Crippen molar-refractivity contribution in [2.75, 3.05) is 7.05 Å². The minimum Gasteiger partial charge on any atom is -0.443 e. The summed E-state index contributed by atoms with van der Waals surface area (Å²) in [4.78, 5) is 25.6. The van der Waals surface area contributed by atoms with E-state index in [9.17, 15) is 9.59 Å². The second-order valence-electron chi connectivity index (χ2n) is 3.77. The van der Waals surface area contributed by atoms with E-state index in [1.54, 1.807) is 13.1 Å². The molecule has 4 N–H and O–H groups in total. The molecule has 90 valence electrons. The number of hydrogen-bond donors (Lipinski definition) is 3. The van der Waals surface area contributed by atoms with Crippen molar-refractivity contribution >= 4 is 17.0 Å². The SMILES string of the molecule is CNCc1cc2c(=O)c(CC(N)=O)c[nH]c2o1. The lowest BCUT2D eigenvalue weighted by atomic mass is 10.1. The van der Waals surface area contributed by atoms with Gasteiger partial charge in [-0.15, -0.1) is 0 Å². The van der Waals surface area contributed by atoms with E-state index in [0.717, 1.165) is 0 Å². The molecule has 0 aliphatic rings. The zero-order chi connectivity index (χ0) is 12.4. The molecule has 0 bridgehead atoms. The van der Waals surface area contributed by atoms with Crippen LogP contribution in [-0.4, -0.2) is 17.9 Å². The van der Waals surface area contributed by atoms with Gasteiger partial charge in [-0.05, 0) is 13.1 Å². The molecule has 2 rings (SSSR count). The summed E-state index contributed by atoms with van der Waals surface area (Å²) in [6, 6.07) is 1.66. The normalized spacial score (nSPS) is 10.9. The number of carbonyl (C=O) groups is 1. The van der Waals surface area contributed by atoms with Crippen LogP contribution in [0.3, 0.4) is 0 Å². The molecule has 0 fully saturated rings. The first-order valence-corrected chi connectivity index (χ1v) is 5.17. The predicted molar refractivity (Wildman–Crippen MR) is 62.5 cm³/mol. The Morgan fingerprint density at radius 1 is 1.59 bits per heavy atom. The minimum absolute atomic E-state index is 0.0716. The quantitative estimate of drug-likeness (QED) is 0.687. The van der Waals surface area contributed by atoms with Gasteiger partial charge in [0.25, 0.3) is 0 Å². The smallest absolute Gasteiger partial charge is 0.222 e. The highest BCUT2D eigenvalue weighted by molar-refractivity contribution is 5.79. The average molecular weight is 235 g/mol. The second-order valence-corrected chi connectivity index (χ2v) is 3.77. The number of rotatable bonds is 4. The Balaban J connectivity index is 2.51. The molecule has 17 heavy (non-hydrogen) atoms. The van der Waals surface area contributed by atoms with Crippen LogP contribution in [0.1, 0.15) is 11.3 Å². The van der Waals surface area contributed by atoms with Gasteiger partial charge in [-0.2, -0.15) is 0 Å². The molecule has 0 saturated carbocycles. The van der Waals surface area contributed by atoms with Gasteiger partial charge in [0.1, 0.15) is 5.76 Å². The van der Waals surface area contributed by atoms with Crippen molar-refractivity contribution < 1.29 is 9.21 Å². The summed E-state index contributed by atoms with van der Waals surface area (Å²) in [5, 5.41) is 3.37. The number of furan rings is 1. The number of amides is 1. The third kappa shape index (κ3) is 2.21. The molecule has 0 saturated heterocycles. The number of nitrogens with two attached hydrogens (primary N) is 1. The number of aromatic nitrogens is 1. The van der Waals surface area contributed by atoms with E-state index in [1.165, 1.54) is 6.20 Å². The predicted octanol–water partition coefficient (Wildman–Crippen LogP) is -0.132. The molecule has 6 nitrogen and oxygen atoms in total. The van der Waals surface area contributed by atoms with E-state index in [1.807, 2.05) is 0 Å². The molecule has 0 atom stereocenters. The summed E-state index contributed by atoms with van der Waals surface area (Å²) in [7, 11) is 1.79. The Hall–Kier alpha value is -2.08. The van der Waals surface area contributed by atoms with Gasteiger partial charge in [-0.1, -0.05) is 0 Å². The van der Waals surface area contributed by atoms with Gasteiger partial charge >= 0.3 is 0 Å². The number of H-pyrrole nitrogens is 1. The van der Waals surface area contributed by atoms with Crippen molar-refractivity contribution in [2.45, 2.75) is 13.0 Å². The standard InChI is InChI=1S/C11H13N3O3/c1-13-5-7-3-8-10(16)6(2-9(12)15)4-14-11(8)17-7/h3-4,13H,2,5H2,1H3,(H2,12,15)(H,14,16). The molecule has 0 aliphatic heterocycles. The maximum Gasteiger partial charge on any atom is 0.222 e. The van der Waals surface area contributed by atoms with E-state index < -0.39 is 5.91 Å². The molecule has 1 amide bonds. The lowest BCUT2D eigenvalue weighted by molar-refractivity contribution is -0.117. The van der Waals surface area contributed by atoms with Crippen molar-refractivity contribution in [1.29, 1.82) is 0 Å². The van der Waals surface area contributed by atoms with Crippen LogP contribution in [0.4, 0.5) is 0 Å². The van der Waals surface area contributed by atoms with Crippen molar-refractivity contribution in [3.8, 4) is 0 Å². The number of carbonyl (C=O) groups excluding carboxylic acids is 1. The monoisotopic (exact) mass is 235 g/mol. The summed E-state index contributed by atoms with van der Waals surface area (Å²) in [6.45, 7) is 0.535. The van der Waals surface area contributed by atoms with Gasteiger partial charge in [-0.3, -0.25) is 9.59 Å². The number of fused-ring (bicyclic) bond motifs is 1. The number of nitrogens with one attached hydrogen (secondary N) is 2. The molecule has 0 spiro atoms. The van der Waals surface area contributed by atoms with E-state index >= 15 is 0 Å². The molecule has 0 aliphatic carbocycles. The zero-order valence-electron chi connectivity index (χ0n) is 9.37. The van der Waals surface area contributed by atoms with E-state index in [0.29, 0.717) is 29.0 Å². The Kier molecular flexibility index (Phi) is 2.97. The Morgan fingerprint density at radius 2 is 2.35 bits per heavy atom. The molecule has 2 aromatic heterocycles. The van der Waals surface area contributed by atoms with Gasteiger partial charge in [-0.25, -0.2) is 0 Å². The number of primary amides is 1. The van der Waals surface area contributed by atoms with Crippen molar-refractivity contribution in [3.05, 3.63) is 33.8 Å². The third-order valence-corrected chi connectivity index (χ3v) is 2.41. The highest BCUT2D eigenvalue weighted by Gasteiger charge is 2.11. The zero-order valence-corrected chi connectivity index (χ0v) is 9.37. The highest BCUT2D eigenvalue weighted by Crippen LogP contribution is 2.14. The van der Waals surface area contributed by atoms with Crippen LogP contribution in [0.25, 0.3) is 11.1 Å². The van der Waals surface area contributed by atoms with Crippen LogP contribution < -0.4 is 16.5 Å². The fourth-order valence-electron chi connectivity index (χ4n) is 1.69. The van der Waals surface area contributed by atoms with Crippen molar-refractivity contribution in [2.24, 2.45) is 5.73 Å². The summed E-state index contributed by atoms with van der Waals surface area (Å²) in [6.07, 6.45) is 1.39. The first-order valence-electron chi connectivity index (χ1n) is 5.17. The van der Waals surface area contributed by atoms with E-state index in [4.69, 9.17) is 10.2 Å². The lowest BCUT2D eigenvalue weighted by Gasteiger charge is -1.96. The topological polar surface area (TPSA) is 101 Å². The van der Waals surface area contributed by atoms with Crippen molar-refractivity contribution in [1.82, 2.24) is 10.3 Å². The van der Waals surface area contributed by atoms with Gasteiger partial charge in [0.05, 0.1) is 18.4 Å². The number of hydrogen-bond acceptors (Lipinski definition) is 4. The van der Waals surface area contributed by atoms with Crippen LogP contribution in [0.5, 0.6) is 0 Å². The summed E-state index contributed by atoms with van der Waals surface area (Å²) < 4.78 is 5.42. The van der Waals surface area contributed by atoms with E-state index in [-0.39, 0.29) is 11.8 Å². The van der Waals surface area contributed by atoms with Crippen LogP contribution in [0.15, 0.2) is 21.5 Å². The van der Waals surface area contributed by atoms with Crippen LogP contribution >= 0.6 is 0 Å². The van der Waals surface area contributed by atoms with Crippen LogP contribution in [0, 0.1) is 0 Å². The minimum atomic E-state index is -0.534. The lowest BCUT2D eigenvalue weighted by Crippen LogP contribution is -2.19. The Bertz CT molecular complexity index is 612. The largest absolute Gasteiger partial charge is 0.443 e. The fourth-order valence-corrected chi connectivity index (χ4v) is 1.69. The molecular weight excluding hydrogens is 222 g/mol. The van der Waals surface area contributed by atoms with Gasteiger partial charge in [0.15, 0.2) is 5.43 Å². The van der Waals surface area contributed by atoms with Gasteiger partial charge < -0.3 is 20.5 Å². The molecule has 2 heterocycles. The molecular formula is C11H13N3O3. The second kappa shape index (κ2) is 4.42. The number of pyridine rings is 1. The first kappa shape index (κ1) is 11.4. The summed E-state index contributed by atoms with van der Waals surface area (Å²) in [5.41, 5.74) is 5.61. The first-order chi connectivity index (χ1) is 8.11. The third-order valence-electron chi connectivity index (χ3n) is 2.41. The van der Waals surface area contributed by atoms with Crippen LogP contribution in [-0.2, 0) is 17.8 Å². The fraction of sp³-hybridized carbons (Fsp3) is 0.273. The highest BCUT2D eigenvalue weighted by atomic mass is 16.3.